The van der Waals surface area contributed by atoms with Crippen molar-refractivity contribution in [1.29, 1.82) is 0 Å². The number of fused-ring (bicyclic) bond motifs is 1. The Kier molecular flexibility index (Phi) is 2.98. The van der Waals surface area contributed by atoms with Crippen molar-refractivity contribution in [3.63, 3.8) is 0 Å². The van der Waals surface area contributed by atoms with Crippen LogP contribution in [-0.2, 0) is 13.2 Å². The minimum absolute atomic E-state index is 0.0406. The van der Waals surface area contributed by atoms with E-state index < -0.39 is 0 Å². The van der Waals surface area contributed by atoms with Gasteiger partial charge in [0.05, 0.1) is 18.0 Å². The van der Waals surface area contributed by atoms with Gasteiger partial charge in [0.15, 0.2) is 5.16 Å². The van der Waals surface area contributed by atoms with Gasteiger partial charge in [0.25, 0.3) is 0 Å². The molecule has 0 atom stereocenters. The highest BCUT2D eigenvalue weighted by Gasteiger charge is 2.21. The maximum Gasteiger partial charge on any atom is 0.168 e. The standard InChI is InChI=1S/C12H11BrN2OS/c13-9-3-1-8(2-4-9)11-10(7-16)15-5-6-17-12(15)14-11/h1-4,16H,5-7H2. The van der Waals surface area contributed by atoms with E-state index in [9.17, 15) is 5.11 Å². The van der Waals surface area contributed by atoms with Crippen LogP contribution in [-0.4, -0.2) is 20.4 Å². The first kappa shape index (κ1) is 11.3. The third-order valence-corrected chi connectivity index (χ3v) is 4.34. The van der Waals surface area contributed by atoms with Crippen LogP contribution < -0.4 is 0 Å². The van der Waals surface area contributed by atoms with Gasteiger partial charge in [-0.05, 0) is 12.1 Å². The van der Waals surface area contributed by atoms with E-state index in [0.29, 0.717) is 0 Å². The number of aromatic nitrogens is 2. The third-order valence-electron chi connectivity index (χ3n) is 2.85. The molecule has 2 aromatic rings. The minimum atomic E-state index is 0.0406. The molecule has 0 bridgehead atoms. The molecule has 17 heavy (non-hydrogen) atoms. The van der Waals surface area contributed by atoms with Crippen molar-refractivity contribution in [2.75, 3.05) is 5.75 Å². The van der Waals surface area contributed by atoms with Crippen molar-refractivity contribution in [3.05, 3.63) is 34.4 Å². The number of thioether (sulfide) groups is 1. The molecule has 0 unspecified atom stereocenters. The summed E-state index contributed by atoms with van der Waals surface area (Å²) in [6, 6.07) is 8.03. The van der Waals surface area contributed by atoms with E-state index in [2.05, 4.69) is 25.5 Å². The third kappa shape index (κ3) is 1.92. The Balaban J connectivity index is 2.11. The van der Waals surface area contributed by atoms with E-state index in [1.54, 1.807) is 11.8 Å². The number of benzene rings is 1. The highest BCUT2D eigenvalue weighted by Crippen LogP contribution is 2.33. The Morgan fingerprint density at radius 1 is 1.35 bits per heavy atom. The number of hydrogen-bond acceptors (Lipinski definition) is 3. The first-order valence-electron chi connectivity index (χ1n) is 5.38. The van der Waals surface area contributed by atoms with E-state index in [1.807, 2.05) is 24.3 Å². The molecular weight excluding hydrogens is 300 g/mol. The second-order valence-corrected chi connectivity index (χ2v) is 5.83. The largest absolute Gasteiger partial charge is 0.390 e. The molecule has 0 aliphatic carbocycles. The molecule has 1 aromatic heterocycles. The van der Waals surface area contributed by atoms with Crippen LogP contribution in [0, 0.1) is 0 Å². The topological polar surface area (TPSA) is 38.1 Å². The quantitative estimate of drug-likeness (QED) is 0.927. The van der Waals surface area contributed by atoms with Gasteiger partial charge in [0.1, 0.15) is 0 Å². The monoisotopic (exact) mass is 310 g/mol. The Bertz CT molecular complexity index is 550. The molecule has 88 valence electrons. The maximum absolute atomic E-state index is 9.51. The molecule has 5 heteroatoms. The number of imidazole rings is 1. The van der Waals surface area contributed by atoms with E-state index >= 15 is 0 Å². The van der Waals surface area contributed by atoms with Crippen molar-refractivity contribution in [3.8, 4) is 11.3 Å². The molecule has 2 heterocycles. The normalized spacial score (nSPS) is 14.0. The van der Waals surface area contributed by atoms with E-state index in [0.717, 1.165) is 38.9 Å². The molecule has 0 saturated carbocycles. The lowest BCUT2D eigenvalue weighted by Crippen LogP contribution is -2.01. The van der Waals surface area contributed by atoms with Crippen LogP contribution in [0.2, 0.25) is 0 Å². The Morgan fingerprint density at radius 3 is 2.82 bits per heavy atom. The van der Waals surface area contributed by atoms with Gasteiger partial charge in [-0.15, -0.1) is 0 Å². The number of aliphatic hydroxyl groups is 1. The van der Waals surface area contributed by atoms with Crippen molar-refractivity contribution in [1.82, 2.24) is 9.55 Å². The molecule has 1 aliphatic heterocycles. The van der Waals surface area contributed by atoms with Gasteiger partial charge in [-0.1, -0.05) is 39.8 Å². The number of aliphatic hydroxyl groups excluding tert-OH is 1. The summed E-state index contributed by atoms with van der Waals surface area (Å²) in [5.74, 6) is 1.05. The molecule has 3 nitrogen and oxygen atoms in total. The molecule has 1 aliphatic rings. The lowest BCUT2D eigenvalue weighted by Gasteiger charge is -2.04. The average Bonchev–Trinajstić information content (AvgIpc) is 2.89. The van der Waals surface area contributed by atoms with Gasteiger partial charge < -0.3 is 9.67 Å². The highest BCUT2D eigenvalue weighted by molar-refractivity contribution is 9.10. The van der Waals surface area contributed by atoms with Gasteiger partial charge in [0, 0.05) is 22.3 Å². The summed E-state index contributed by atoms with van der Waals surface area (Å²) in [6.45, 7) is 0.985. The SMILES string of the molecule is OCc1c(-c2ccc(Br)cc2)nc2n1CCS2. The number of nitrogens with zero attached hydrogens (tertiary/aromatic N) is 2. The fourth-order valence-corrected chi connectivity index (χ4v) is 3.27. The average molecular weight is 311 g/mol. The lowest BCUT2D eigenvalue weighted by atomic mass is 10.1. The Morgan fingerprint density at radius 2 is 2.12 bits per heavy atom. The molecule has 0 radical (unpaired) electrons. The number of rotatable bonds is 2. The van der Waals surface area contributed by atoms with Crippen LogP contribution in [0.15, 0.2) is 33.9 Å². The van der Waals surface area contributed by atoms with Crippen molar-refractivity contribution in [2.24, 2.45) is 0 Å². The number of halogens is 1. The van der Waals surface area contributed by atoms with Crippen molar-refractivity contribution >= 4 is 27.7 Å². The lowest BCUT2D eigenvalue weighted by molar-refractivity contribution is 0.271. The molecular formula is C12H11BrN2OS. The van der Waals surface area contributed by atoms with Crippen molar-refractivity contribution in [2.45, 2.75) is 18.3 Å². The zero-order valence-electron chi connectivity index (χ0n) is 9.06. The van der Waals surface area contributed by atoms with E-state index in [-0.39, 0.29) is 6.61 Å². The fourth-order valence-electron chi connectivity index (χ4n) is 2.03. The van der Waals surface area contributed by atoms with Crippen LogP contribution in [0.3, 0.4) is 0 Å². The second-order valence-electron chi connectivity index (χ2n) is 3.85. The van der Waals surface area contributed by atoms with Crippen LogP contribution in [0.5, 0.6) is 0 Å². The molecule has 0 saturated heterocycles. The van der Waals surface area contributed by atoms with Crippen LogP contribution in [0.4, 0.5) is 0 Å². The van der Waals surface area contributed by atoms with E-state index in [4.69, 9.17) is 0 Å². The second kappa shape index (κ2) is 4.48. The summed E-state index contributed by atoms with van der Waals surface area (Å²) in [5.41, 5.74) is 2.88. The van der Waals surface area contributed by atoms with Crippen molar-refractivity contribution < 1.29 is 5.11 Å². The van der Waals surface area contributed by atoms with Crippen LogP contribution in [0.25, 0.3) is 11.3 Å². The van der Waals surface area contributed by atoms with Gasteiger partial charge >= 0.3 is 0 Å². The van der Waals surface area contributed by atoms with Gasteiger partial charge in [-0.3, -0.25) is 0 Å². The minimum Gasteiger partial charge on any atom is -0.390 e. The predicted molar refractivity (Wildman–Crippen MR) is 72.0 cm³/mol. The van der Waals surface area contributed by atoms with E-state index in [1.165, 1.54) is 0 Å². The smallest absolute Gasteiger partial charge is 0.168 e. The molecule has 1 aromatic carbocycles. The van der Waals surface area contributed by atoms with Gasteiger partial charge in [0.2, 0.25) is 0 Å². The summed E-state index contributed by atoms with van der Waals surface area (Å²) in [5, 5.41) is 10.5. The molecule has 0 amide bonds. The molecule has 0 fully saturated rings. The summed E-state index contributed by atoms with van der Waals surface area (Å²) in [6.07, 6.45) is 0. The van der Waals surface area contributed by atoms with Gasteiger partial charge in [-0.2, -0.15) is 0 Å². The maximum atomic E-state index is 9.51. The van der Waals surface area contributed by atoms with Gasteiger partial charge in [-0.25, -0.2) is 4.98 Å². The summed E-state index contributed by atoms with van der Waals surface area (Å²) >= 11 is 5.17. The molecule has 1 N–H and O–H groups in total. The summed E-state index contributed by atoms with van der Waals surface area (Å²) in [7, 11) is 0. The van der Waals surface area contributed by atoms with Crippen LogP contribution in [0.1, 0.15) is 5.69 Å². The zero-order chi connectivity index (χ0) is 11.8. The first-order chi connectivity index (χ1) is 8.29. The molecule has 3 rings (SSSR count). The molecule has 0 spiro atoms. The zero-order valence-corrected chi connectivity index (χ0v) is 11.5. The first-order valence-corrected chi connectivity index (χ1v) is 7.16. The Labute approximate surface area is 112 Å². The highest BCUT2D eigenvalue weighted by atomic mass is 79.9. The van der Waals surface area contributed by atoms with Crippen LogP contribution >= 0.6 is 27.7 Å². The number of hydrogen-bond donors (Lipinski definition) is 1. The Hall–Kier alpha value is -0.780. The summed E-state index contributed by atoms with van der Waals surface area (Å²) in [4.78, 5) is 4.61. The summed E-state index contributed by atoms with van der Waals surface area (Å²) < 4.78 is 3.16. The fraction of sp³-hybridized carbons (Fsp3) is 0.250. The predicted octanol–water partition coefficient (Wildman–Crippen LogP) is 2.91.